The number of carbonyl (C=O) groups excluding carboxylic acids is 2. The fourth-order valence-electron chi connectivity index (χ4n) is 4.07. The Bertz CT molecular complexity index is 1290. The van der Waals surface area contributed by atoms with Crippen LogP contribution in [0.25, 0.3) is 0 Å². The second kappa shape index (κ2) is 13.4. The third-order valence-electron chi connectivity index (χ3n) is 5.89. The molecule has 0 saturated heterocycles. The van der Waals surface area contributed by atoms with Gasteiger partial charge in [0.15, 0.2) is 0 Å². The van der Waals surface area contributed by atoms with Crippen LogP contribution in [0.5, 0.6) is 0 Å². The fraction of sp³-hybridized carbons (Fsp3) is 0.481. The molecule has 2 aromatic rings. The first-order valence-corrected chi connectivity index (χ1v) is 15.1. The summed E-state index contributed by atoms with van der Waals surface area (Å²) in [7, 11) is -3.97. The molecule has 0 aliphatic carbocycles. The van der Waals surface area contributed by atoms with E-state index in [9.17, 15) is 31.2 Å². The van der Waals surface area contributed by atoms with E-state index in [0.717, 1.165) is 28.8 Å². The van der Waals surface area contributed by atoms with Gasteiger partial charge in [0.05, 0.1) is 17.5 Å². The van der Waals surface area contributed by atoms with Gasteiger partial charge in [0.2, 0.25) is 21.8 Å². The Labute approximate surface area is 243 Å². The molecule has 40 heavy (non-hydrogen) atoms. The maximum atomic E-state index is 13.5. The summed E-state index contributed by atoms with van der Waals surface area (Å²) >= 11 is 12.7. The first kappa shape index (κ1) is 33.7. The predicted octanol–water partition coefficient (Wildman–Crippen LogP) is 6.28. The molecule has 2 rings (SSSR count). The van der Waals surface area contributed by atoms with Crippen molar-refractivity contribution in [2.45, 2.75) is 71.3 Å². The molecule has 0 radical (unpaired) electrons. The Kier molecular flexibility index (Phi) is 11.3. The smallest absolute Gasteiger partial charge is 0.350 e. The molecule has 0 saturated carbocycles. The number of benzene rings is 2. The summed E-state index contributed by atoms with van der Waals surface area (Å²) in [6.07, 6.45) is -3.71. The average molecular weight is 625 g/mol. The third kappa shape index (κ3) is 9.55. The highest BCUT2D eigenvalue weighted by atomic mass is 35.5. The minimum atomic E-state index is -4.65. The van der Waals surface area contributed by atoms with Gasteiger partial charge in [-0.1, -0.05) is 42.3 Å². The van der Waals surface area contributed by atoms with Gasteiger partial charge in [-0.05, 0) is 63.9 Å². The monoisotopic (exact) mass is 623 g/mol. The van der Waals surface area contributed by atoms with Crippen molar-refractivity contribution in [3.63, 3.8) is 0 Å². The number of hydrogen-bond donors (Lipinski definition) is 1. The number of anilines is 1. The zero-order valence-electron chi connectivity index (χ0n) is 23.0. The standard InChI is InChI=1S/C27H34Cl2F3N3O4S/c1-6-23(25(37)33-26(2,3)4)34(17-20-21(28)12-8-13-22(20)29)24(36)14-9-15-35(40(5,38)39)19-11-7-10-18(16-19)27(30,31)32/h7-8,10-13,16,23H,6,9,14-15,17H2,1-5H3,(H,33,37)/t23-/m0/s1. The molecule has 0 spiro atoms. The van der Waals surface area contributed by atoms with E-state index in [1.54, 1.807) is 25.1 Å². The van der Waals surface area contributed by atoms with Gasteiger partial charge in [-0.25, -0.2) is 8.42 Å². The van der Waals surface area contributed by atoms with E-state index in [4.69, 9.17) is 23.2 Å². The van der Waals surface area contributed by atoms with Crippen LogP contribution < -0.4 is 9.62 Å². The van der Waals surface area contributed by atoms with Crippen molar-refractivity contribution in [2.24, 2.45) is 0 Å². The van der Waals surface area contributed by atoms with Crippen molar-refractivity contribution in [1.82, 2.24) is 10.2 Å². The van der Waals surface area contributed by atoms with Gasteiger partial charge in [0, 0.05) is 40.7 Å². The summed E-state index contributed by atoms with van der Waals surface area (Å²) in [6.45, 7) is 6.85. The van der Waals surface area contributed by atoms with Gasteiger partial charge in [-0.2, -0.15) is 13.2 Å². The SMILES string of the molecule is CC[C@@H](C(=O)NC(C)(C)C)N(Cc1c(Cl)cccc1Cl)C(=O)CCCN(c1cccc(C(F)(F)F)c1)S(C)(=O)=O. The van der Waals surface area contributed by atoms with Gasteiger partial charge in [0.1, 0.15) is 6.04 Å². The zero-order valence-corrected chi connectivity index (χ0v) is 25.3. The second-order valence-electron chi connectivity index (χ2n) is 10.4. The summed E-state index contributed by atoms with van der Waals surface area (Å²) in [5.41, 5.74) is -1.28. The van der Waals surface area contributed by atoms with Gasteiger partial charge in [-0.15, -0.1) is 0 Å². The van der Waals surface area contributed by atoms with E-state index in [1.165, 1.54) is 11.0 Å². The Balaban J connectivity index is 2.33. The quantitative estimate of drug-likeness (QED) is 0.319. The van der Waals surface area contributed by atoms with Crippen LogP contribution in [0, 0.1) is 0 Å². The summed E-state index contributed by atoms with van der Waals surface area (Å²) in [4.78, 5) is 28.0. The molecule has 0 unspecified atom stereocenters. The van der Waals surface area contributed by atoms with Gasteiger partial charge in [0.25, 0.3) is 0 Å². The summed E-state index contributed by atoms with van der Waals surface area (Å²) in [5.74, 6) is -0.849. The molecular weight excluding hydrogens is 590 g/mol. The van der Waals surface area contributed by atoms with Crippen LogP contribution in [0.1, 0.15) is 58.1 Å². The highest BCUT2D eigenvalue weighted by Gasteiger charge is 2.33. The van der Waals surface area contributed by atoms with Crippen molar-refractivity contribution in [1.29, 1.82) is 0 Å². The van der Waals surface area contributed by atoms with E-state index in [1.807, 2.05) is 20.8 Å². The number of carbonyl (C=O) groups is 2. The van der Waals surface area contributed by atoms with E-state index >= 15 is 0 Å². The van der Waals surface area contributed by atoms with Crippen LogP contribution in [0.15, 0.2) is 42.5 Å². The number of nitrogens with one attached hydrogen (secondary N) is 1. The molecule has 0 aliphatic heterocycles. The predicted molar refractivity (Wildman–Crippen MR) is 152 cm³/mol. The number of sulfonamides is 1. The molecule has 0 heterocycles. The maximum Gasteiger partial charge on any atom is 0.416 e. The Morgan fingerprint density at radius 1 is 1.02 bits per heavy atom. The van der Waals surface area contributed by atoms with Crippen LogP contribution in [0.3, 0.4) is 0 Å². The molecule has 0 aliphatic rings. The lowest BCUT2D eigenvalue weighted by Gasteiger charge is -2.33. The summed E-state index contributed by atoms with van der Waals surface area (Å²) < 4.78 is 65.4. The van der Waals surface area contributed by atoms with E-state index in [2.05, 4.69) is 5.32 Å². The van der Waals surface area contributed by atoms with Crippen LogP contribution >= 0.6 is 23.2 Å². The van der Waals surface area contributed by atoms with Crippen molar-refractivity contribution in [3.8, 4) is 0 Å². The fourth-order valence-corrected chi connectivity index (χ4v) is 5.54. The molecule has 0 aromatic heterocycles. The second-order valence-corrected chi connectivity index (χ2v) is 13.1. The normalized spacial score (nSPS) is 13.1. The molecular formula is C27H34Cl2F3N3O4S. The zero-order chi connectivity index (χ0) is 30.5. The van der Waals surface area contributed by atoms with Gasteiger partial charge >= 0.3 is 6.18 Å². The first-order chi connectivity index (χ1) is 18.3. The van der Waals surface area contributed by atoms with Crippen LogP contribution in [0.4, 0.5) is 18.9 Å². The lowest BCUT2D eigenvalue weighted by atomic mass is 10.0. The number of amides is 2. The largest absolute Gasteiger partial charge is 0.416 e. The number of nitrogens with zero attached hydrogens (tertiary/aromatic N) is 2. The molecule has 222 valence electrons. The minimum absolute atomic E-state index is 0.0216. The highest BCUT2D eigenvalue weighted by molar-refractivity contribution is 7.92. The van der Waals surface area contributed by atoms with Gasteiger partial charge < -0.3 is 10.2 Å². The van der Waals surface area contributed by atoms with E-state index in [0.29, 0.717) is 15.6 Å². The van der Waals surface area contributed by atoms with Crippen molar-refractivity contribution in [3.05, 3.63) is 63.6 Å². The van der Waals surface area contributed by atoms with Crippen molar-refractivity contribution < 1.29 is 31.2 Å². The van der Waals surface area contributed by atoms with Crippen molar-refractivity contribution >= 4 is 50.7 Å². The third-order valence-corrected chi connectivity index (χ3v) is 7.79. The number of hydrogen-bond acceptors (Lipinski definition) is 4. The van der Waals surface area contributed by atoms with Crippen LogP contribution in [0.2, 0.25) is 10.0 Å². The lowest BCUT2D eigenvalue weighted by molar-refractivity contribution is -0.142. The summed E-state index contributed by atoms with van der Waals surface area (Å²) in [6, 6.07) is 7.97. The Morgan fingerprint density at radius 3 is 2.10 bits per heavy atom. The molecule has 2 aromatic carbocycles. The maximum absolute atomic E-state index is 13.5. The highest BCUT2D eigenvalue weighted by Crippen LogP contribution is 2.32. The Morgan fingerprint density at radius 2 is 1.60 bits per heavy atom. The van der Waals surface area contributed by atoms with Crippen molar-refractivity contribution in [2.75, 3.05) is 17.1 Å². The molecule has 1 N–H and O–H groups in total. The van der Waals surface area contributed by atoms with Gasteiger partial charge in [-0.3, -0.25) is 13.9 Å². The topological polar surface area (TPSA) is 86.8 Å². The van der Waals surface area contributed by atoms with E-state index < -0.39 is 39.3 Å². The molecule has 2 amide bonds. The molecule has 1 atom stereocenters. The molecule has 0 bridgehead atoms. The Hall–Kier alpha value is -2.50. The van der Waals surface area contributed by atoms with Crippen LogP contribution in [-0.2, 0) is 32.3 Å². The van der Waals surface area contributed by atoms with Crippen LogP contribution in [-0.4, -0.2) is 49.5 Å². The number of rotatable bonds is 11. The number of alkyl halides is 3. The molecule has 13 heteroatoms. The summed E-state index contributed by atoms with van der Waals surface area (Å²) in [5, 5.41) is 3.49. The first-order valence-electron chi connectivity index (χ1n) is 12.5. The lowest BCUT2D eigenvalue weighted by Crippen LogP contribution is -2.53. The van der Waals surface area contributed by atoms with E-state index in [-0.39, 0.29) is 43.9 Å². The minimum Gasteiger partial charge on any atom is -0.350 e. The molecule has 0 fully saturated rings. The number of halogens is 5. The molecule has 7 nitrogen and oxygen atoms in total. The average Bonchev–Trinajstić information content (AvgIpc) is 2.81.